The molecule has 0 fully saturated rings. The van der Waals surface area contributed by atoms with Gasteiger partial charge in [-0.3, -0.25) is 9.59 Å². The van der Waals surface area contributed by atoms with Crippen molar-refractivity contribution >= 4 is 21.7 Å². The van der Waals surface area contributed by atoms with Gasteiger partial charge in [-0.15, -0.1) is 0 Å². The van der Waals surface area contributed by atoms with Gasteiger partial charge in [0.05, 0.1) is 10.8 Å². The van der Waals surface area contributed by atoms with E-state index in [1.807, 2.05) is 6.92 Å². The van der Waals surface area contributed by atoms with Crippen molar-refractivity contribution in [2.75, 3.05) is 32.6 Å². The van der Waals surface area contributed by atoms with Crippen LogP contribution >= 0.6 is 0 Å². The molecule has 0 aliphatic carbocycles. The average Bonchev–Trinajstić information content (AvgIpc) is 2.58. The number of sulfone groups is 1. The number of hydrogen-bond donors (Lipinski definition) is 1. The molecule has 0 radical (unpaired) electrons. The lowest BCUT2D eigenvalue weighted by Crippen LogP contribution is -2.38. The zero-order chi connectivity index (χ0) is 20.8. The second kappa shape index (κ2) is 9.85. The Hall–Kier alpha value is -1.93. The van der Waals surface area contributed by atoms with Crippen LogP contribution in [0.4, 0.5) is 0 Å². The van der Waals surface area contributed by atoms with Crippen molar-refractivity contribution in [3.63, 3.8) is 0 Å². The predicted molar refractivity (Wildman–Crippen MR) is 103 cm³/mol. The molecular formula is C19H29NO6S. The third-order valence-corrected chi connectivity index (χ3v) is 5.52. The van der Waals surface area contributed by atoms with Gasteiger partial charge < -0.3 is 14.7 Å². The van der Waals surface area contributed by atoms with Crippen molar-refractivity contribution in [1.29, 1.82) is 0 Å². The Labute approximate surface area is 161 Å². The van der Waals surface area contributed by atoms with Crippen LogP contribution < -0.4 is 0 Å². The summed E-state index contributed by atoms with van der Waals surface area (Å²) in [5.74, 6) is -2.10. The lowest BCUT2D eigenvalue weighted by atomic mass is 10.0. The smallest absolute Gasteiger partial charge is 0.308 e. The van der Waals surface area contributed by atoms with Crippen LogP contribution in [0.2, 0.25) is 0 Å². The minimum Gasteiger partial charge on any atom is -0.481 e. The fraction of sp³-hybridized carbons (Fsp3) is 0.579. The SMILES string of the molecule is CCOCCCN(CC(C)C(=O)O)C(=O)c1cc(S(C)(=O)=O)cc(C)c1C. The fourth-order valence-electron chi connectivity index (χ4n) is 2.62. The van der Waals surface area contributed by atoms with E-state index in [2.05, 4.69) is 0 Å². The van der Waals surface area contributed by atoms with E-state index < -0.39 is 21.7 Å². The molecule has 1 unspecified atom stereocenters. The molecule has 1 aromatic carbocycles. The molecule has 152 valence electrons. The fourth-order valence-corrected chi connectivity index (χ4v) is 3.34. The van der Waals surface area contributed by atoms with E-state index in [9.17, 15) is 23.1 Å². The standard InChI is InChI=1S/C19H29NO6S/c1-6-26-9-7-8-20(12-14(3)19(22)23)18(21)17-11-16(27(5,24)25)10-13(2)15(17)4/h10-11,14H,6-9,12H2,1-5H3,(H,22,23). The largest absolute Gasteiger partial charge is 0.481 e. The van der Waals surface area contributed by atoms with Gasteiger partial charge in [0.15, 0.2) is 9.84 Å². The molecule has 1 atom stereocenters. The van der Waals surface area contributed by atoms with E-state index in [1.54, 1.807) is 19.9 Å². The molecule has 1 rings (SSSR count). The van der Waals surface area contributed by atoms with E-state index in [-0.39, 0.29) is 22.9 Å². The van der Waals surface area contributed by atoms with Gasteiger partial charge in [0.2, 0.25) is 0 Å². The molecule has 0 aliphatic heterocycles. The molecule has 0 aliphatic rings. The second-order valence-corrected chi connectivity index (χ2v) is 8.74. The molecule has 1 amide bonds. The summed E-state index contributed by atoms with van der Waals surface area (Å²) >= 11 is 0. The van der Waals surface area contributed by atoms with Crippen LogP contribution in [0.25, 0.3) is 0 Å². The van der Waals surface area contributed by atoms with Gasteiger partial charge in [0.1, 0.15) is 0 Å². The molecular weight excluding hydrogens is 370 g/mol. The van der Waals surface area contributed by atoms with Gasteiger partial charge in [-0.2, -0.15) is 0 Å². The minimum atomic E-state index is -3.47. The van der Waals surface area contributed by atoms with Crippen LogP contribution in [0, 0.1) is 19.8 Å². The molecule has 0 bridgehead atoms. The van der Waals surface area contributed by atoms with E-state index in [0.717, 1.165) is 6.26 Å². The summed E-state index contributed by atoms with van der Waals surface area (Å²) in [6.45, 7) is 8.32. The number of carbonyl (C=O) groups is 2. The Morgan fingerprint density at radius 1 is 1.26 bits per heavy atom. The number of carbonyl (C=O) groups excluding carboxylic acids is 1. The molecule has 7 nitrogen and oxygen atoms in total. The Morgan fingerprint density at radius 3 is 2.41 bits per heavy atom. The summed E-state index contributed by atoms with van der Waals surface area (Å²) in [4.78, 5) is 25.9. The van der Waals surface area contributed by atoms with Crippen molar-refractivity contribution in [1.82, 2.24) is 4.90 Å². The highest BCUT2D eigenvalue weighted by molar-refractivity contribution is 7.90. The highest BCUT2D eigenvalue weighted by Crippen LogP contribution is 2.22. The number of amides is 1. The Morgan fingerprint density at radius 2 is 1.89 bits per heavy atom. The minimum absolute atomic E-state index is 0.0435. The van der Waals surface area contributed by atoms with Crippen LogP contribution in [-0.2, 0) is 19.4 Å². The number of rotatable bonds is 10. The van der Waals surface area contributed by atoms with Crippen LogP contribution in [0.15, 0.2) is 17.0 Å². The maximum Gasteiger partial charge on any atom is 0.308 e. The Balaban J connectivity index is 3.22. The molecule has 1 N–H and O–H groups in total. The quantitative estimate of drug-likeness (QED) is 0.606. The summed E-state index contributed by atoms with van der Waals surface area (Å²) in [7, 11) is -3.47. The number of aryl methyl sites for hydroxylation is 1. The maximum atomic E-state index is 13.1. The number of nitrogens with zero attached hydrogens (tertiary/aromatic N) is 1. The lowest BCUT2D eigenvalue weighted by Gasteiger charge is -2.26. The van der Waals surface area contributed by atoms with E-state index in [4.69, 9.17) is 4.74 Å². The van der Waals surface area contributed by atoms with Gasteiger partial charge in [-0.1, -0.05) is 6.92 Å². The van der Waals surface area contributed by atoms with Gasteiger partial charge in [-0.05, 0) is 50.5 Å². The third kappa shape index (κ3) is 6.62. The lowest BCUT2D eigenvalue weighted by molar-refractivity contribution is -0.141. The predicted octanol–water partition coefficient (Wildman–Crippen LogP) is 2.30. The molecule has 0 spiro atoms. The number of hydrogen-bond acceptors (Lipinski definition) is 5. The van der Waals surface area contributed by atoms with Crippen LogP contribution in [0.1, 0.15) is 41.8 Å². The van der Waals surface area contributed by atoms with E-state index >= 15 is 0 Å². The first-order valence-electron chi connectivity index (χ1n) is 8.90. The number of aliphatic carboxylic acids is 1. The summed E-state index contributed by atoms with van der Waals surface area (Å²) in [6, 6.07) is 2.92. The monoisotopic (exact) mass is 399 g/mol. The summed E-state index contributed by atoms with van der Waals surface area (Å²) in [5.41, 5.74) is 1.66. The van der Waals surface area contributed by atoms with Crippen molar-refractivity contribution in [2.45, 2.75) is 39.0 Å². The van der Waals surface area contributed by atoms with Gasteiger partial charge in [-0.25, -0.2) is 8.42 Å². The Kier molecular flexibility index (Phi) is 8.43. The van der Waals surface area contributed by atoms with Crippen LogP contribution in [0.5, 0.6) is 0 Å². The first-order valence-corrected chi connectivity index (χ1v) is 10.8. The van der Waals surface area contributed by atoms with Crippen LogP contribution in [-0.4, -0.2) is 62.9 Å². The van der Waals surface area contributed by atoms with Gasteiger partial charge in [0, 0.05) is 38.1 Å². The highest BCUT2D eigenvalue weighted by Gasteiger charge is 2.24. The normalized spacial score (nSPS) is 12.6. The molecule has 27 heavy (non-hydrogen) atoms. The number of carboxylic acids is 1. The summed E-state index contributed by atoms with van der Waals surface area (Å²) in [5, 5.41) is 9.20. The number of ether oxygens (including phenoxy) is 1. The zero-order valence-electron chi connectivity index (χ0n) is 16.6. The van der Waals surface area contributed by atoms with E-state index in [0.29, 0.717) is 37.3 Å². The maximum absolute atomic E-state index is 13.1. The summed E-state index contributed by atoms with van der Waals surface area (Å²) < 4.78 is 29.2. The third-order valence-electron chi connectivity index (χ3n) is 4.42. The van der Waals surface area contributed by atoms with Crippen molar-refractivity contribution in [3.05, 3.63) is 28.8 Å². The molecule has 0 aromatic heterocycles. The van der Waals surface area contributed by atoms with Crippen molar-refractivity contribution in [3.8, 4) is 0 Å². The number of carboxylic acid groups (broad SMARTS) is 1. The average molecular weight is 400 g/mol. The van der Waals surface area contributed by atoms with Gasteiger partial charge >= 0.3 is 5.97 Å². The molecule has 1 aromatic rings. The molecule has 0 heterocycles. The van der Waals surface area contributed by atoms with Crippen molar-refractivity contribution < 1.29 is 27.9 Å². The molecule has 0 saturated carbocycles. The van der Waals surface area contributed by atoms with E-state index in [1.165, 1.54) is 17.9 Å². The first-order chi connectivity index (χ1) is 12.5. The van der Waals surface area contributed by atoms with Crippen molar-refractivity contribution in [2.24, 2.45) is 5.92 Å². The Bertz CT molecular complexity index is 788. The summed E-state index contributed by atoms with van der Waals surface area (Å²) in [6.07, 6.45) is 1.66. The highest BCUT2D eigenvalue weighted by atomic mass is 32.2. The number of benzene rings is 1. The van der Waals surface area contributed by atoms with Crippen LogP contribution in [0.3, 0.4) is 0 Å². The topological polar surface area (TPSA) is 101 Å². The first kappa shape index (κ1) is 23.1. The molecule has 0 saturated heterocycles. The van der Waals surface area contributed by atoms with Gasteiger partial charge in [0.25, 0.3) is 5.91 Å². The molecule has 8 heteroatoms. The second-order valence-electron chi connectivity index (χ2n) is 6.73. The zero-order valence-corrected chi connectivity index (χ0v) is 17.4.